The van der Waals surface area contributed by atoms with E-state index in [9.17, 15) is 0 Å². The molecule has 0 aromatic heterocycles. The van der Waals surface area contributed by atoms with Gasteiger partial charge in [-0.15, -0.1) is 0 Å². The molecule has 0 nitrogen and oxygen atoms in total. The first-order valence-corrected chi connectivity index (χ1v) is 35.3. The zero-order valence-electron chi connectivity index (χ0n) is 20.7. The van der Waals surface area contributed by atoms with Crippen molar-refractivity contribution in [2.24, 2.45) is 0 Å². The molecule has 0 spiro atoms. The molecule has 0 radical (unpaired) electrons. The van der Waals surface area contributed by atoms with E-state index in [0.29, 0.717) is 0 Å². The Morgan fingerprint density at radius 3 is 1.76 bits per heavy atom. The fraction of sp³-hybridized carbons (Fsp3) is 0.636. The Bertz CT molecular complexity index is 764. The van der Waals surface area contributed by atoms with Crippen LogP contribution in [0.2, 0.25) is 84.1 Å². The van der Waals surface area contributed by atoms with Crippen molar-refractivity contribution in [3.05, 3.63) is 42.8 Å². The quantitative estimate of drug-likeness (QED) is 0.256. The summed E-state index contributed by atoms with van der Waals surface area (Å²) in [5, 5.41) is 5.42. The average molecular weight is 656 g/mol. The van der Waals surface area contributed by atoms with Gasteiger partial charge in [0.25, 0.3) is 0 Å². The van der Waals surface area contributed by atoms with E-state index in [1.807, 2.05) is 19.3 Å². The third-order valence-corrected chi connectivity index (χ3v) is 31.5. The summed E-state index contributed by atoms with van der Waals surface area (Å²) < 4.78 is 3.79. The third kappa shape index (κ3) is 7.18. The Morgan fingerprint density at radius 1 is 0.724 bits per heavy atom. The van der Waals surface area contributed by atoms with Crippen LogP contribution in [-0.4, -0.2) is 69.9 Å². The van der Waals surface area contributed by atoms with Gasteiger partial charge in [0.15, 0.2) is 0 Å². The summed E-state index contributed by atoms with van der Waals surface area (Å²) in [5.74, 6) is 0. The molecule has 0 aliphatic heterocycles. The predicted octanol–water partition coefficient (Wildman–Crippen LogP) is 6.68. The zero-order chi connectivity index (χ0) is 22.4. The minimum atomic E-state index is -1.22. The van der Waals surface area contributed by atoms with Gasteiger partial charge in [-0.3, -0.25) is 0 Å². The normalized spacial score (nSPS) is 21.5. The van der Waals surface area contributed by atoms with Gasteiger partial charge < -0.3 is 0 Å². The van der Waals surface area contributed by atoms with Crippen molar-refractivity contribution in [3.63, 3.8) is 0 Å². The molecular weight excluding hydrogens is 613 g/mol. The Balaban J connectivity index is 2.14. The van der Waals surface area contributed by atoms with E-state index in [-0.39, 0.29) is 0 Å². The van der Waals surface area contributed by atoms with Crippen LogP contribution in [0.25, 0.3) is 0 Å². The van der Waals surface area contributed by atoms with Crippen LogP contribution in [0, 0.1) is 0 Å². The molecule has 0 fully saturated rings. The molecule has 29 heavy (non-hydrogen) atoms. The van der Waals surface area contributed by atoms with Crippen molar-refractivity contribution in [1.29, 1.82) is 0 Å². The average Bonchev–Trinajstić information content (AvgIpc) is 3.09. The monoisotopic (exact) mass is 658 g/mol. The van der Waals surface area contributed by atoms with E-state index in [0.717, 1.165) is 43.1 Å². The summed E-state index contributed by atoms with van der Waals surface area (Å²) >= 11 is 2.33. The van der Waals surface area contributed by atoms with Crippen LogP contribution in [0.5, 0.6) is 0 Å². The molecule has 2 rings (SSSR count). The standard InChI is InChI=1S/C22H42Se3Si4/c1-26(2,3)17-13-19(21(15-17)28(7,8)9)23-25-24-20-14-18(27(4,5)6)16-22(20)29(10,11)12/h13,15-16,21H,14H2,1-12H3. The second-order valence-electron chi connectivity index (χ2n) is 12.7. The van der Waals surface area contributed by atoms with Gasteiger partial charge in [-0.1, -0.05) is 0 Å². The first kappa shape index (κ1) is 26.6. The number of allylic oxidation sites excluding steroid dienone is 8. The molecule has 0 heterocycles. The first-order valence-electron chi connectivity index (χ1n) is 10.8. The minimum absolute atomic E-state index is 0.745. The number of hydrogen-bond acceptors (Lipinski definition) is 0. The van der Waals surface area contributed by atoms with Crippen molar-refractivity contribution in [2.45, 2.75) is 90.5 Å². The van der Waals surface area contributed by atoms with Crippen molar-refractivity contribution in [1.82, 2.24) is 0 Å². The molecule has 2 aliphatic carbocycles. The van der Waals surface area contributed by atoms with Crippen molar-refractivity contribution >= 4 is 69.9 Å². The number of rotatable bonds is 8. The van der Waals surface area contributed by atoms with Gasteiger partial charge in [0.05, 0.1) is 0 Å². The van der Waals surface area contributed by atoms with Gasteiger partial charge in [0.2, 0.25) is 0 Å². The van der Waals surface area contributed by atoms with Crippen LogP contribution in [0.15, 0.2) is 42.8 Å². The maximum atomic E-state index is 2.73. The van der Waals surface area contributed by atoms with E-state index in [4.69, 9.17) is 0 Å². The Hall–Kier alpha value is 1.39. The van der Waals surface area contributed by atoms with E-state index in [2.05, 4.69) is 96.8 Å². The van der Waals surface area contributed by atoms with E-state index in [1.165, 1.54) is 6.42 Å². The van der Waals surface area contributed by atoms with E-state index in [1.54, 1.807) is 5.20 Å². The Labute approximate surface area is 201 Å². The van der Waals surface area contributed by atoms with Crippen LogP contribution in [0.1, 0.15) is 6.42 Å². The van der Waals surface area contributed by atoms with Crippen LogP contribution in [0.4, 0.5) is 0 Å². The number of hydrogen-bond donors (Lipinski definition) is 0. The van der Waals surface area contributed by atoms with Gasteiger partial charge in [-0.05, 0) is 0 Å². The van der Waals surface area contributed by atoms with E-state index < -0.39 is 32.3 Å². The SMILES string of the molecule is C[Si](C)(C)C1=CC([Si](C)(C)C)C([Se][Se][Se]C2=C([Si](C)(C)C)C=C([Si](C)(C)C)C2)=C1. The van der Waals surface area contributed by atoms with Crippen molar-refractivity contribution in [3.8, 4) is 0 Å². The molecule has 164 valence electrons. The maximum absolute atomic E-state index is 2.73. The molecule has 0 saturated carbocycles. The summed E-state index contributed by atoms with van der Waals surface area (Å²) in [6, 6.07) is 0. The molecule has 0 aromatic carbocycles. The van der Waals surface area contributed by atoms with Crippen LogP contribution < -0.4 is 0 Å². The zero-order valence-corrected chi connectivity index (χ0v) is 29.9. The first-order chi connectivity index (χ1) is 12.9. The Morgan fingerprint density at radius 2 is 1.31 bits per heavy atom. The molecule has 1 unspecified atom stereocenters. The van der Waals surface area contributed by atoms with Crippen LogP contribution in [-0.2, 0) is 0 Å². The Kier molecular flexibility index (Phi) is 8.57. The van der Waals surface area contributed by atoms with E-state index >= 15 is 0 Å². The molecular formula is C22H42Se3Si4. The van der Waals surface area contributed by atoms with Gasteiger partial charge >= 0.3 is 203 Å². The molecule has 2 aliphatic rings. The summed E-state index contributed by atoms with van der Waals surface area (Å²) in [6.07, 6.45) is 9.47. The predicted molar refractivity (Wildman–Crippen MR) is 150 cm³/mol. The van der Waals surface area contributed by atoms with Gasteiger partial charge in [0.1, 0.15) is 0 Å². The summed E-state index contributed by atoms with van der Waals surface area (Å²) in [6.45, 7) is 30.6. The molecule has 7 heteroatoms. The molecule has 0 amide bonds. The van der Waals surface area contributed by atoms with Crippen molar-refractivity contribution < 1.29 is 0 Å². The topological polar surface area (TPSA) is 0 Å². The fourth-order valence-corrected chi connectivity index (χ4v) is 35.1. The van der Waals surface area contributed by atoms with Gasteiger partial charge in [-0.2, -0.15) is 0 Å². The summed E-state index contributed by atoms with van der Waals surface area (Å²) in [5.41, 5.74) is 0.826. The van der Waals surface area contributed by atoms with Gasteiger partial charge in [-0.25, -0.2) is 0 Å². The van der Waals surface area contributed by atoms with Crippen LogP contribution >= 0.6 is 0 Å². The second kappa shape index (κ2) is 9.33. The van der Waals surface area contributed by atoms with Gasteiger partial charge in [0, 0.05) is 0 Å². The fourth-order valence-electron chi connectivity index (χ4n) is 3.63. The van der Waals surface area contributed by atoms with Crippen LogP contribution in [0.3, 0.4) is 0 Å². The molecule has 0 aromatic rings. The molecule has 0 N–H and O–H groups in total. The van der Waals surface area contributed by atoms with Crippen molar-refractivity contribution in [2.75, 3.05) is 0 Å². The molecule has 0 saturated heterocycles. The third-order valence-electron chi connectivity index (χ3n) is 5.76. The molecule has 1 atom stereocenters. The molecule has 0 bridgehead atoms. The second-order valence-corrected chi connectivity index (χ2v) is 49.1. The summed E-state index contributed by atoms with van der Waals surface area (Å²) in [7, 11) is -4.75. The summed E-state index contributed by atoms with van der Waals surface area (Å²) in [4.78, 5) is 0.